The van der Waals surface area contributed by atoms with Crippen LogP contribution in [0.2, 0.25) is 0 Å². The fourth-order valence-electron chi connectivity index (χ4n) is 5.21. The van der Waals surface area contributed by atoms with Gasteiger partial charge < -0.3 is 14.2 Å². The minimum atomic E-state index is -1.88. The molecular weight excluding hydrogens is 446 g/mol. The number of ether oxygens (including phenoxy) is 3. The SMILES string of the molecule is CCOC(=O)C1(C(=O)OCC)[C@H](c2cccc3ccccc23)[C@@H](C(=O)OC)N[C@H]1c1ccccc1. The van der Waals surface area contributed by atoms with Crippen LogP contribution in [0.5, 0.6) is 0 Å². The average Bonchev–Trinajstić information content (AvgIpc) is 3.25. The Bertz CT molecular complexity index is 1200. The summed E-state index contributed by atoms with van der Waals surface area (Å²) >= 11 is 0. The van der Waals surface area contributed by atoms with Gasteiger partial charge in [0.25, 0.3) is 0 Å². The van der Waals surface area contributed by atoms with Gasteiger partial charge in [-0.2, -0.15) is 0 Å². The molecule has 3 aromatic rings. The molecule has 1 heterocycles. The van der Waals surface area contributed by atoms with Gasteiger partial charge in [0.05, 0.1) is 26.4 Å². The zero-order valence-electron chi connectivity index (χ0n) is 20.0. The van der Waals surface area contributed by atoms with Gasteiger partial charge in [0, 0.05) is 5.92 Å². The van der Waals surface area contributed by atoms with Crippen LogP contribution in [0.4, 0.5) is 0 Å². The van der Waals surface area contributed by atoms with E-state index in [1.807, 2.05) is 72.8 Å². The molecule has 0 spiro atoms. The number of nitrogens with one attached hydrogen (secondary N) is 1. The van der Waals surface area contributed by atoms with Crippen LogP contribution < -0.4 is 5.32 Å². The summed E-state index contributed by atoms with van der Waals surface area (Å²) in [6, 6.07) is 20.5. The van der Waals surface area contributed by atoms with Crippen LogP contribution >= 0.6 is 0 Å². The van der Waals surface area contributed by atoms with E-state index in [1.54, 1.807) is 13.8 Å². The Hall–Kier alpha value is -3.71. The molecule has 35 heavy (non-hydrogen) atoms. The number of hydrogen-bond acceptors (Lipinski definition) is 7. The number of carbonyl (C=O) groups is 3. The highest BCUT2D eigenvalue weighted by atomic mass is 16.6. The summed E-state index contributed by atoms with van der Waals surface area (Å²) in [4.78, 5) is 41.0. The number of esters is 3. The molecule has 182 valence electrons. The number of benzene rings is 3. The van der Waals surface area contributed by atoms with Gasteiger partial charge in [0.2, 0.25) is 0 Å². The zero-order valence-corrected chi connectivity index (χ0v) is 20.0. The number of fused-ring (bicyclic) bond motifs is 1. The van der Waals surface area contributed by atoms with E-state index in [-0.39, 0.29) is 13.2 Å². The van der Waals surface area contributed by atoms with Crippen molar-refractivity contribution >= 4 is 28.7 Å². The van der Waals surface area contributed by atoms with Crippen LogP contribution in [-0.4, -0.2) is 44.3 Å². The van der Waals surface area contributed by atoms with Crippen molar-refractivity contribution in [3.05, 3.63) is 83.9 Å². The molecule has 1 saturated heterocycles. The Labute approximate surface area is 204 Å². The number of carbonyl (C=O) groups excluding carboxylic acids is 3. The van der Waals surface area contributed by atoms with Crippen molar-refractivity contribution in [1.82, 2.24) is 5.32 Å². The molecule has 0 amide bonds. The molecule has 0 aromatic heterocycles. The number of methoxy groups -OCH3 is 1. The van der Waals surface area contributed by atoms with E-state index in [9.17, 15) is 14.4 Å². The zero-order chi connectivity index (χ0) is 25.0. The van der Waals surface area contributed by atoms with Gasteiger partial charge in [-0.15, -0.1) is 0 Å². The first-order valence-corrected chi connectivity index (χ1v) is 11.7. The Morgan fingerprint density at radius 3 is 2.06 bits per heavy atom. The van der Waals surface area contributed by atoms with Crippen molar-refractivity contribution in [2.24, 2.45) is 5.41 Å². The van der Waals surface area contributed by atoms with E-state index >= 15 is 0 Å². The van der Waals surface area contributed by atoms with Gasteiger partial charge in [-0.3, -0.25) is 19.7 Å². The summed E-state index contributed by atoms with van der Waals surface area (Å²) in [5.74, 6) is -3.03. The molecule has 3 aromatic carbocycles. The van der Waals surface area contributed by atoms with Gasteiger partial charge >= 0.3 is 17.9 Å². The van der Waals surface area contributed by atoms with Crippen molar-refractivity contribution in [2.45, 2.75) is 31.8 Å². The largest absolute Gasteiger partial charge is 0.468 e. The number of hydrogen-bond donors (Lipinski definition) is 1. The third-order valence-electron chi connectivity index (χ3n) is 6.60. The highest BCUT2D eigenvalue weighted by molar-refractivity contribution is 6.05. The van der Waals surface area contributed by atoms with Gasteiger partial charge in [-0.05, 0) is 35.7 Å². The average molecular weight is 476 g/mol. The summed E-state index contributed by atoms with van der Waals surface area (Å²) in [5, 5.41) is 5.00. The summed E-state index contributed by atoms with van der Waals surface area (Å²) in [5.41, 5.74) is -0.563. The molecule has 3 atom stereocenters. The first-order valence-electron chi connectivity index (χ1n) is 11.7. The van der Waals surface area contributed by atoms with Crippen molar-refractivity contribution in [3.63, 3.8) is 0 Å². The molecule has 7 heteroatoms. The van der Waals surface area contributed by atoms with Crippen molar-refractivity contribution < 1.29 is 28.6 Å². The molecule has 0 bridgehead atoms. The van der Waals surface area contributed by atoms with E-state index in [1.165, 1.54) is 7.11 Å². The van der Waals surface area contributed by atoms with Crippen molar-refractivity contribution in [3.8, 4) is 0 Å². The predicted molar refractivity (Wildman–Crippen MR) is 131 cm³/mol. The van der Waals surface area contributed by atoms with E-state index in [0.29, 0.717) is 11.1 Å². The maximum absolute atomic E-state index is 13.9. The molecule has 0 unspecified atom stereocenters. The normalized spacial score (nSPS) is 20.8. The molecule has 4 rings (SSSR count). The maximum atomic E-state index is 13.9. The molecule has 1 fully saturated rings. The monoisotopic (exact) mass is 475 g/mol. The minimum absolute atomic E-state index is 0.0621. The second-order valence-electron chi connectivity index (χ2n) is 8.37. The van der Waals surface area contributed by atoms with Crippen LogP contribution in [0.1, 0.15) is 36.9 Å². The molecule has 0 aliphatic carbocycles. The second-order valence-corrected chi connectivity index (χ2v) is 8.37. The number of rotatable bonds is 7. The Balaban J connectivity index is 2.08. The summed E-state index contributed by atoms with van der Waals surface area (Å²) in [7, 11) is 1.29. The lowest BCUT2D eigenvalue weighted by Crippen LogP contribution is -2.49. The topological polar surface area (TPSA) is 90.9 Å². The fourth-order valence-corrected chi connectivity index (χ4v) is 5.21. The molecular formula is C28H29NO6. The highest BCUT2D eigenvalue weighted by Gasteiger charge is 2.69. The van der Waals surface area contributed by atoms with E-state index in [4.69, 9.17) is 14.2 Å². The minimum Gasteiger partial charge on any atom is -0.468 e. The molecule has 0 saturated carbocycles. The lowest BCUT2D eigenvalue weighted by molar-refractivity contribution is -0.174. The first kappa shape index (κ1) is 24.4. The van der Waals surface area contributed by atoms with E-state index in [2.05, 4.69) is 5.32 Å². The molecule has 7 nitrogen and oxygen atoms in total. The molecule has 1 aliphatic rings. The van der Waals surface area contributed by atoms with Crippen LogP contribution in [-0.2, 0) is 28.6 Å². The van der Waals surface area contributed by atoms with Crippen molar-refractivity contribution in [2.75, 3.05) is 20.3 Å². The Morgan fingerprint density at radius 1 is 0.829 bits per heavy atom. The van der Waals surface area contributed by atoms with Gasteiger partial charge in [-0.1, -0.05) is 72.8 Å². The smallest absolute Gasteiger partial charge is 0.326 e. The molecule has 1 N–H and O–H groups in total. The summed E-state index contributed by atoms with van der Waals surface area (Å²) in [6.07, 6.45) is 0. The first-order chi connectivity index (χ1) is 17.0. The quantitative estimate of drug-likeness (QED) is 0.315. The Morgan fingerprint density at radius 2 is 1.43 bits per heavy atom. The van der Waals surface area contributed by atoms with Crippen LogP contribution in [0.3, 0.4) is 0 Å². The van der Waals surface area contributed by atoms with E-state index < -0.39 is 41.3 Å². The third kappa shape index (κ3) is 4.06. The Kier molecular flexibility index (Phi) is 7.17. The molecule has 0 radical (unpaired) electrons. The lowest BCUT2D eigenvalue weighted by Gasteiger charge is -2.36. The van der Waals surface area contributed by atoms with Crippen LogP contribution in [0, 0.1) is 5.41 Å². The third-order valence-corrected chi connectivity index (χ3v) is 6.60. The van der Waals surface area contributed by atoms with Crippen molar-refractivity contribution in [1.29, 1.82) is 0 Å². The second kappa shape index (κ2) is 10.3. The predicted octanol–water partition coefficient (Wildman–Crippen LogP) is 3.92. The fraction of sp³-hybridized carbons (Fsp3) is 0.321. The van der Waals surface area contributed by atoms with Crippen LogP contribution in [0.15, 0.2) is 72.8 Å². The van der Waals surface area contributed by atoms with Gasteiger partial charge in [-0.25, -0.2) is 0 Å². The maximum Gasteiger partial charge on any atom is 0.326 e. The lowest BCUT2D eigenvalue weighted by atomic mass is 9.66. The summed E-state index contributed by atoms with van der Waals surface area (Å²) < 4.78 is 16.2. The summed E-state index contributed by atoms with van der Waals surface area (Å²) in [6.45, 7) is 3.49. The highest BCUT2D eigenvalue weighted by Crippen LogP contribution is 2.56. The molecule has 1 aliphatic heterocycles. The standard InChI is InChI=1S/C28H29NO6/c1-4-34-26(31)28(27(32)35-5-2)22(21-17-11-15-18-12-9-10-16-20(18)21)23(25(30)33-3)29-24(28)19-13-7-6-8-14-19/h6-17,22-24,29H,4-5H2,1-3H3/t22-,23+,24+/m1/s1. The van der Waals surface area contributed by atoms with Gasteiger partial charge in [0.1, 0.15) is 6.04 Å². The van der Waals surface area contributed by atoms with Crippen LogP contribution in [0.25, 0.3) is 10.8 Å². The van der Waals surface area contributed by atoms with E-state index in [0.717, 1.165) is 10.8 Å². The van der Waals surface area contributed by atoms with Gasteiger partial charge in [0.15, 0.2) is 5.41 Å².